The molecule has 2 atom stereocenters. The average Bonchev–Trinajstić information content (AvgIpc) is 2.63. The number of hydrogen-bond donors (Lipinski definition) is 1. The van der Waals surface area contributed by atoms with E-state index in [-0.39, 0.29) is 0 Å². The van der Waals surface area contributed by atoms with Crippen molar-refractivity contribution in [2.75, 3.05) is 38.7 Å². The molecule has 0 saturated heterocycles. The van der Waals surface area contributed by atoms with Crippen LogP contribution in [-0.4, -0.2) is 49.6 Å². The maximum absolute atomic E-state index is 3.62. The Morgan fingerprint density at radius 3 is 2.87 bits per heavy atom. The van der Waals surface area contributed by atoms with Crippen molar-refractivity contribution in [1.82, 2.24) is 10.2 Å². The molecule has 0 radical (unpaired) electrons. The van der Waals surface area contributed by atoms with Gasteiger partial charge in [0.2, 0.25) is 0 Å². The van der Waals surface area contributed by atoms with Crippen LogP contribution in [0.4, 0.5) is 0 Å². The van der Waals surface area contributed by atoms with Gasteiger partial charge in [0.1, 0.15) is 0 Å². The zero-order chi connectivity index (χ0) is 11.1. The Kier molecular flexibility index (Phi) is 6.69. The summed E-state index contributed by atoms with van der Waals surface area (Å²) in [5.41, 5.74) is 0. The van der Waals surface area contributed by atoms with Crippen LogP contribution in [0, 0.1) is 5.92 Å². The molecular formula is C12H26N2S. The second-order valence-corrected chi connectivity index (χ2v) is 5.60. The van der Waals surface area contributed by atoms with Crippen LogP contribution in [-0.2, 0) is 0 Å². The van der Waals surface area contributed by atoms with Crippen LogP contribution in [0.3, 0.4) is 0 Å². The highest BCUT2D eigenvalue weighted by molar-refractivity contribution is 7.98. The highest BCUT2D eigenvalue weighted by atomic mass is 32.2. The van der Waals surface area contributed by atoms with E-state index in [1.807, 2.05) is 11.8 Å². The fraction of sp³-hybridized carbons (Fsp3) is 1.00. The van der Waals surface area contributed by atoms with E-state index in [1.54, 1.807) is 0 Å². The molecule has 0 aromatic heterocycles. The minimum Gasteiger partial charge on any atom is -0.314 e. The minimum atomic E-state index is 0.784. The largest absolute Gasteiger partial charge is 0.314 e. The van der Waals surface area contributed by atoms with Crippen molar-refractivity contribution in [2.24, 2.45) is 5.92 Å². The quantitative estimate of drug-likeness (QED) is 0.721. The maximum Gasteiger partial charge on any atom is 0.0107 e. The molecule has 0 aliphatic heterocycles. The topological polar surface area (TPSA) is 15.3 Å². The Morgan fingerprint density at radius 2 is 2.20 bits per heavy atom. The molecule has 0 spiro atoms. The van der Waals surface area contributed by atoms with Crippen molar-refractivity contribution in [3.63, 3.8) is 0 Å². The summed E-state index contributed by atoms with van der Waals surface area (Å²) in [4.78, 5) is 2.50. The molecule has 1 saturated carbocycles. The van der Waals surface area contributed by atoms with Crippen LogP contribution in [0.25, 0.3) is 0 Å². The van der Waals surface area contributed by atoms with E-state index in [9.17, 15) is 0 Å². The Hall–Kier alpha value is 0.270. The van der Waals surface area contributed by atoms with Crippen LogP contribution >= 0.6 is 11.8 Å². The molecule has 90 valence electrons. The Balaban J connectivity index is 2.23. The predicted octanol–water partition coefficient (Wildman–Crippen LogP) is 2.06. The van der Waals surface area contributed by atoms with E-state index in [0.717, 1.165) is 18.5 Å². The first-order chi connectivity index (χ1) is 7.27. The number of nitrogens with zero attached hydrogens (tertiary/aromatic N) is 1. The van der Waals surface area contributed by atoms with Crippen molar-refractivity contribution in [1.29, 1.82) is 0 Å². The van der Waals surface area contributed by atoms with E-state index >= 15 is 0 Å². The molecule has 2 unspecified atom stereocenters. The summed E-state index contributed by atoms with van der Waals surface area (Å²) < 4.78 is 0. The SMILES string of the molecule is CCNC1CCCC1CN(C)CCSC. The molecule has 0 amide bonds. The van der Waals surface area contributed by atoms with Crippen molar-refractivity contribution >= 4 is 11.8 Å². The van der Waals surface area contributed by atoms with Gasteiger partial charge in [0.25, 0.3) is 0 Å². The van der Waals surface area contributed by atoms with Crippen LogP contribution in [0.15, 0.2) is 0 Å². The lowest BCUT2D eigenvalue weighted by Gasteiger charge is -2.25. The minimum absolute atomic E-state index is 0.784. The van der Waals surface area contributed by atoms with E-state index in [4.69, 9.17) is 0 Å². The standard InChI is InChI=1S/C12H26N2S/c1-4-13-12-7-5-6-11(12)10-14(2)8-9-15-3/h11-13H,4-10H2,1-3H3. The molecule has 15 heavy (non-hydrogen) atoms. The monoisotopic (exact) mass is 230 g/mol. The molecule has 1 rings (SSSR count). The van der Waals surface area contributed by atoms with Gasteiger partial charge in [0.15, 0.2) is 0 Å². The molecule has 1 aliphatic rings. The maximum atomic E-state index is 3.62. The summed E-state index contributed by atoms with van der Waals surface area (Å²) in [6, 6.07) is 0.784. The number of hydrogen-bond acceptors (Lipinski definition) is 3. The van der Waals surface area contributed by atoms with Crippen molar-refractivity contribution in [3.8, 4) is 0 Å². The lowest BCUT2D eigenvalue weighted by atomic mass is 10.0. The van der Waals surface area contributed by atoms with Gasteiger partial charge in [-0.3, -0.25) is 0 Å². The van der Waals surface area contributed by atoms with Gasteiger partial charge in [-0.25, -0.2) is 0 Å². The summed E-state index contributed by atoms with van der Waals surface area (Å²) in [6.07, 6.45) is 6.40. The Bertz CT molecular complexity index is 164. The number of rotatable bonds is 7. The normalized spacial score (nSPS) is 26.4. The van der Waals surface area contributed by atoms with Crippen LogP contribution in [0.5, 0.6) is 0 Å². The van der Waals surface area contributed by atoms with Crippen LogP contribution < -0.4 is 5.32 Å². The van der Waals surface area contributed by atoms with Gasteiger partial charge in [-0.15, -0.1) is 0 Å². The molecule has 1 aliphatic carbocycles. The third-order valence-electron chi connectivity index (χ3n) is 3.35. The fourth-order valence-corrected chi connectivity index (χ4v) is 3.02. The van der Waals surface area contributed by atoms with E-state index in [0.29, 0.717) is 0 Å². The molecule has 2 nitrogen and oxygen atoms in total. The van der Waals surface area contributed by atoms with E-state index in [2.05, 4.69) is 30.4 Å². The molecule has 3 heteroatoms. The van der Waals surface area contributed by atoms with Crippen LogP contribution in [0.1, 0.15) is 26.2 Å². The van der Waals surface area contributed by atoms with Gasteiger partial charge in [-0.2, -0.15) is 11.8 Å². The molecule has 0 aromatic rings. The number of nitrogens with one attached hydrogen (secondary N) is 1. The fourth-order valence-electron chi connectivity index (χ4n) is 2.53. The summed E-state index contributed by atoms with van der Waals surface area (Å²) in [5.74, 6) is 2.14. The smallest absolute Gasteiger partial charge is 0.0107 e. The third-order valence-corrected chi connectivity index (χ3v) is 3.94. The first kappa shape index (κ1) is 13.3. The van der Waals surface area contributed by atoms with E-state index < -0.39 is 0 Å². The zero-order valence-electron chi connectivity index (χ0n) is 10.5. The molecule has 0 heterocycles. The van der Waals surface area contributed by atoms with Gasteiger partial charge < -0.3 is 10.2 Å². The highest BCUT2D eigenvalue weighted by Crippen LogP contribution is 2.26. The van der Waals surface area contributed by atoms with Crippen LogP contribution in [0.2, 0.25) is 0 Å². The first-order valence-corrected chi connectivity index (χ1v) is 7.58. The molecule has 0 bridgehead atoms. The third kappa shape index (κ3) is 4.75. The lowest BCUT2D eigenvalue weighted by Crippen LogP contribution is -2.38. The summed E-state index contributed by atoms with van der Waals surface area (Å²) in [6.45, 7) is 5.84. The van der Waals surface area contributed by atoms with Gasteiger partial charge >= 0.3 is 0 Å². The Labute approximate surface area is 99.2 Å². The van der Waals surface area contributed by atoms with Crippen molar-refractivity contribution < 1.29 is 0 Å². The molecule has 1 N–H and O–H groups in total. The van der Waals surface area contributed by atoms with Crippen molar-refractivity contribution in [2.45, 2.75) is 32.2 Å². The second kappa shape index (κ2) is 7.53. The summed E-state index contributed by atoms with van der Waals surface area (Å²) in [7, 11) is 2.26. The average molecular weight is 230 g/mol. The van der Waals surface area contributed by atoms with Gasteiger partial charge in [-0.05, 0) is 38.6 Å². The number of thioether (sulfide) groups is 1. The predicted molar refractivity (Wildman–Crippen MR) is 70.7 cm³/mol. The summed E-state index contributed by atoms with van der Waals surface area (Å²) in [5, 5.41) is 3.62. The van der Waals surface area contributed by atoms with Gasteiger partial charge in [0.05, 0.1) is 0 Å². The molecule has 0 aromatic carbocycles. The van der Waals surface area contributed by atoms with E-state index in [1.165, 1.54) is 38.1 Å². The first-order valence-electron chi connectivity index (χ1n) is 6.18. The zero-order valence-corrected chi connectivity index (χ0v) is 11.3. The highest BCUT2D eigenvalue weighted by Gasteiger charge is 2.26. The van der Waals surface area contributed by atoms with Gasteiger partial charge in [0, 0.05) is 24.9 Å². The van der Waals surface area contributed by atoms with Gasteiger partial charge in [-0.1, -0.05) is 13.3 Å². The summed E-state index contributed by atoms with van der Waals surface area (Å²) >= 11 is 1.94. The molecule has 1 fully saturated rings. The van der Waals surface area contributed by atoms with Crippen molar-refractivity contribution in [3.05, 3.63) is 0 Å². The molecular weight excluding hydrogens is 204 g/mol. The second-order valence-electron chi connectivity index (χ2n) is 4.61. The lowest BCUT2D eigenvalue weighted by molar-refractivity contribution is 0.263. The Morgan fingerprint density at radius 1 is 1.40 bits per heavy atom.